The quantitative estimate of drug-likeness (QED) is 0.804. The number of benzene rings is 1. The van der Waals surface area contributed by atoms with Crippen molar-refractivity contribution < 1.29 is 19.4 Å². The Hall–Kier alpha value is -2.30. The lowest BCUT2D eigenvalue weighted by Crippen LogP contribution is -2.08. The molecule has 0 spiro atoms. The summed E-state index contributed by atoms with van der Waals surface area (Å²) in [6.45, 7) is 0. The van der Waals surface area contributed by atoms with E-state index < -0.39 is 11.9 Å². The van der Waals surface area contributed by atoms with E-state index in [1.54, 1.807) is 12.1 Å². The number of hydrogen-bond donors (Lipinski definition) is 2. The van der Waals surface area contributed by atoms with Crippen LogP contribution in [0.1, 0.15) is 22.3 Å². The summed E-state index contributed by atoms with van der Waals surface area (Å²) in [7, 11) is 1.49. The Kier molecular flexibility index (Phi) is 4.28. The number of nitrogens with two attached hydrogens (primary N) is 1. The summed E-state index contributed by atoms with van der Waals surface area (Å²) < 4.78 is 5.00. The number of carbonyl (C=O) groups is 2. The number of rotatable bonds is 5. The van der Waals surface area contributed by atoms with Crippen molar-refractivity contribution in [2.75, 3.05) is 7.11 Å². The third-order valence-corrected chi connectivity index (χ3v) is 2.11. The van der Waals surface area contributed by atoms with Gasteiger partial charge in [0.05, 0.1) is 12.7 Å². The number of carboxylic acids is 1. The molecule has 0 bridgehead atoms. The Bertz CT molecular complexity index is 466. The molecule has 0 fully saturated rings. The Morgan fingerprint density at radius 2 is 2.18 bits per heavy atom. The predicted octanol–water partition coefficient (Wildman–Crippen LogP) is 1.28. The number of methoxy groups -OCH3 is 1. The highest BCUT2D eigenvalue weighted by Crippen LogP contribution is 2.19. The van der Waals surface area contributed by atoms with Crippen LogP contribution in [0.2, 0.25) is 0 Å². The highest BCUT2D eigenvalue weighted by Gasteiger charge is 2.08. The highest BCUT2D eigenvalue weighted by atomic mass is 16.5. The van der Waals surface area contributed by atoms with Crippen LogP contribution in [0.15, 0.2) is 24.3 Å². The number of carbonyl (C=O) groups excluding carboxylic acids is 1. The van der Waals surface area contributed by atoms with Gasteiger partial charge >= 0.3 is 5.97 Å². The fourth-order valence-corrected chi connectivity index (χ4v) is 1.30. The van der Waals surface area contributed by atoms with Crippen LogP contribution in [-0.4, -0.2) is 24.1 Å². The molecule has 0 radical (unpaired) electrons. The Balaban J connectivity index is 3.04. The summed E-state index contributed by atoms with van der Waals surface area (Å²) in [6, 6.07) is 4.60. The Labute approximate surface area is 98.5 Å². The molecule has 0 aromatic heterocycles. The SMILES string of the molecule is COc1ccc(C(=O)O)c(C=CCC(N)=O)c1. The molecular weight excluding hydrogens is 222 g/mol. The molecule has 0 heterocycles. The first-order chi connectivity index (χ1) is 8.04. The van der Waals surface area contributed by atoms with Crippen LogP contribution < -0.4 is 10.5 Å². The molecule has 1 amide bonds. The van der Waals surface area contributed by atoms with E-state index in [-0.39, 0.29) is 12.0 Å². The van der Waals surface area contributed by atoms with Gasteiger partial charge in [-0.1, -0.05) is 12.2 Å². The third kappa shape index (κ3) is 3.64. The van der Waals surface area contributed by atoms with Gasteiger partial charge in [0.1, 0.15) is 5.75 Å². The molecule has 0 aliphatic heterocycles. The molecule has 1 aromatic carbocycles. The third-order valence-electron chi connectivity index (χ3n) is 2.11. The van der Waals surface area contributed by atoms with Crippen molar-refractivity contribution in [2.24, 2.45) is 5.73 Å². The largest absolute Gasteiger partial charge is 0.497 e. The van der Waals surface area contributed by atoms with Gasteiger partial charge in [0, 0.05) is 6.42 Å². The minimum absolute atomic E-state index is 0.0657. The van der Waals surface area contributed by atoms with E-state index in [2.05, 4.69) is 0 Å². The van der Waals surface area contributed by atoms with Crippen LogP contribution in [0.4, 0.5) is 0 Å². The lowest BCUT2D eigenvalue weighted by molar-refractivity contribution is -0.117. The molecule has 3 N–H and O–H groups in total. The van der Waals surface area contributed by atoms with E-state index in [1.165, 1.54) is 25.3 Å². The fourth-order valence-electron chi connectivity index (χ4n) is 1.30. The molecular formula is C12H13NO4. The fraction of sp³-hybridized carbons (Fsp3) is 0.167. The van der Waals surface area contributed by atoms with E-state index in [1.807, 2.05) is 0 Å². The smallest absolute Gasteiger partial charge is 0.336 e. The van der Waals surface area contributed by atoms with Gasteiger partial charge in [-0.2, -0.15) is 0 Å². The second-order valence-electron chi connectivity index (χ2n) is 3.33. The maximum absolute atomic E-state index is 11.0. The van der Waals surface area contributed by atoms with Crippen LogP contribution in [0, 0.1) is 0 Å². The second-order valence-corrected chi connectivity index (χ2v) is 3.33. The maximum Gasteiger partial charge on any atom is 0.336 e. The average molecular weight is 235 g/mol. The molecule has 0 aliphatic rings. The number of ether oxygens (including phenoxy) is 1. The molecule has 90 valence electrons. The molecule has 0 atom stereocenters. The first-order valence-electron chi connectivity index (χ1n) is 4.90. The molecule has 5 heteroatoms. The number of carboxylic acid groups (broad SMARTS) is 1. The minimum Gasteiger partial charge on any atom is -0.497 e. The van der Waals surface area contributed by atoms with Gasteiger partial charge in [-0.05, 0) is 23.8 Å². The van der Waals surface area contributed by atoms with Gasteiger partial charge in [-0.3, -0.25) is 4.79 Å². The van der Waals surface area contributed by atoms with Crippen molar-refractivity contribution in [3.8, 4) is 5.75 Å². The Morgan fingerprint density at radius 1 is 1.47 bits per heavy atom. The van der Waals surface area contributed by atoms with Crippen LogP contribution in [0.25, 0.3) is 6.08 Å². The van der Waals surface area contributed by atoms with Crippen LogP contribution in [0.3, 0.4) is 0 Å². The molecule has 1 aromatic rings. The van der Waals surface area contributed by atoms with Crippen LogP contribution in [-0.2, 0) is 4.79 Å². The standard InChI is InChI=1S/C12H13NO4/c1-17-9-5-6-10(12(15)16)8(7-9)3-2-4-11(13)14/h2-3,5-7H,4H2,1H3,(H2,13,14)(H,15,16). The van der Waals surface area contributed by atoms with Gasteiger partial charge in [0.25, 0.3) is 0 Å². The van der Waals surface area contributed by atoms with E-state index in [0.717, 1.165) is 0 Å². The zero-order valence-electron chi connectivity index (χ0n) is 9.34. The van der Waals surface area contributed by atoms with Gasteiger partial charge < -0.3 is 15.6 Å². The van der Waals surface area contributed by atoms with E-state index in [4.69, 9.17) is 15.6 Å². The van der Waals surface area contributed by atoms with Crippen molar-refractivity contribution in [1.82, 2.24) is 0 Å². The summed E-state index contributed by atoms with van der Waals surface area (Å²) in [4.78, 5) is 21.5. The molecule has 0 saturated carbocycles. The zero-order valence-corrected chi connectivity index (χ0v) is 9.34. The number of amides is 1. The van der Waals surface area contributed by atoms with Crippen LogP contribution in [0.5, 0.6) is 5.75 Å². The number of primary amides is 1. The lowest BCUT2D eigenvalue weighted by atomic mass is 10.1. The van der Waals surface area contributed by atoms with E-state index >= 15 is 0 Å². The minimum atomic E-state index is -1.04. The van der Waals surface area contributed by atoms with Gasteiger partial charge in [-0.25, -0.2) is 4.79 Å². The van der Waals surface area contributed by atoms with Gasteiger partial charge in [0.15, 0.2) is 0 Å². The average Bonchev–Trinajstić information content (AvgIpc) is 2.28. The summed E-state index contributed by atoms with van der Waals surface area (Å²) in [6.07, 6.45) is 3.12. The highest BCUT2D eigenvalue weighted by molar-refractivity contribution is 5.92. The molecule has 0 unspecified atom stereocenters. The maximum atomic E-state index is 11.0. The molecule has 5 nitrogen and oxygen atoms in total. The predicted molar refractivity (Wildman–Crippen MR) is 62.8 cm³/mol. The normalized spacial score (nSPS) is 10.4. The zero-order chi connectivity index (χ0) is 12.8. The van der Waals surface area contributed by atoms with Crippen molar-refractivity contribution >= 4 is 18.0 Å². The van der Waals surface area contributed by atoms with E-state index in [9.17, 15) is 9.59 Å². The first kappa shape index (κ1) is 12.8. The monoisotopic (exact) mass is 235 g/mol. The summed E-state index contributed by atoms with van der Waals surface area (Å²) >= 11 is 0. The summed E-state index contributed by atoms with van der Waals surface area (Å²) in [5.74, 6) is -0.957. The number of hydrogen-bond acceptors (Lipinski definition) is 3. The molecule has 1 rings (SSSR count). The Morgan fingerprint density at radius 3 is 2.71 bits per heavy atom. The molecule has 0 aliphatic carbocycles. The van der Waals surface area contributed by atoms with Crippen molar-refractivity contribution in [1.29, 1.82) is 0 Å². The van der Waals surface area contributed by atoms with Crippen molar-refractivity contribution in [2.45, 2.75) is 6.42 Å². The topological polar surface area (TPSA) is 89.6 Å². The molecule has 17 heavy (non-hydrogen) atoms. The van der Waals surface area contributed by atoms with E-state index in [0.29, 0.717) is 11.3 Å². The van der Waals surface area contributed by atoms with Crippen LogP contribution >= 0.6 is 0 Å². The molecule has 0 saturated heterocycles. The second kappa shape index (κ2) is 5.69. The lowest BCUT2D eigenvalue weighted by Gasteiger charge is -2.04. The number of aromatic carboxylic acids is 1. The van der Waals surface area contributed by atoms with Crippen molar-refractivity contribution in [3.05, 3.63) is 35.4 Å². The summed E-state index contributed by atoms with van der Waals surface area (Å²) in [5, 5.41) is 8.97. The van der Waals surface area contributed by atoms with Gasteiger partial charge in [-0.15, -0.1) is 0 Å². The summed E-state index contributed by atoms with van der Waals surface area (Å²) in [5.41, 5.74) is 5.59. The van der Waals surface area contributed by atoms with Gasteiger partial charge in [0.2, 0.25) is 5.91 Å². The first-order valence-corrected chi connectivity index (χ1v) is 4.90. The van der Waals surface area contributed by atoms with Crippen molar-refractivity contribution in [3.63, 3.8) is 0 Å².